The van der Waals surface area contributed by atoms with E-state index in [-0.39, 0.29) is 38.1 Å². The Kier molecular flexibility index (Phi) is 5.91. The van der Waals surface area contributed by atoms with Gasteiger partial charge in [0.1, 0.15) is 23.3 Å². The smallest absolute Gasteiger partial charge is 0.312 e. The van der Waals surface area contributed by atoms with Crippen LogP contribution in [-0.2, 0) is 23.9 Å². The Morgan fingerprint density at radius 2 is 1.94 bits per heavy atom. The van der Waals surface area contributed by atoms with Crippen LogP contribution in [0.4, 0.5) is 5.69 Å². The number of aliphatic hydroxyl groups excluding tert-OH is 1. The number of aliphatic hydroxyl groups is 1. The second-order valence-corrected chi connectivity index (χ2v) is 8.88. The zero-order chi connectivity index (χ0) is 23.9. The molecule has 34 heavy (non-hydrogen) atoms. The van der Waals surface area contributed by atoms with Crippen molar-refractivity contribution in [2.45, 2.75) is 30.6 Å². The highest BCUT2D eigenvalue weighted by atomic mass is 16.6. The van der Waals surface area contributed by atoms with Crippen LogP contribution < -0.4 is 9.64 Å². The van der Waals surface area contributed by atoms with Gasteiger partial charge in [0.2, 0.25) is 5.91 Å². The molecule has 1 spiro atoms. The molecule has 1 unspecified atom stereocenters. The maximum Gasteiger partial charge on any atom is 0.312 e. The molecule has 5 atom stereocenters. The van der Waals surface area contributed by atoms with E-state index in [1.54, 1.807) is 42.4 Å². The van der Waals surface area contributed by atoms with Gasteiger partial charge in [-0.25, -0.2) is 0 Å². The van der Waals surface area contributed by atoms with Crippen molar-refractivity contribution in [1.82, 2.24) is 4.90 Å². The minimum Gasteiger partial charge on any atom is -0.497 e. The van der Waals surface area contributed by atoms with E-state index < -0.39 is 35.6 Å². The third kappa shape index (κ3) is 3.42. The molecule has 9 nitrogen and oxygen atoms in total. The lowest BCUT2D eigenvalue weighted by Crippen LogP contribution is -2.55. The molecule has 2 saturated heterocycles. The number of carbonyl (C=O) groups is 3. The number of fused-ring (bicyclic) bond motifs is 2. The summed E-state index contributed by atoms with van der Waals surface area (Å²) >= 11 is 0. The van der Waals surface area contributed by atoms with Crippen molar-refractivity contribution in [3.8, 4) is 5.75 Å². The first-order chi connectivity index (χ1) is 16.5. The van der Waals surface area contributed by atoms with E-state index in [1.165, 1.54) is 4.90 Å². The summed E-state index contributed by atoms with van der Waals surface area (Å²) < 4.78 is 17.1. The topological polar surface area (TPSA) is 106 Å². The number of rotatable bonds is 5. The standard InChI is InChI=1S/C25H28N2O7/c1-32-17-9-7-16(8-10-17)26-12-4-11-25-20(19-18(34-25)6-2-3-15-33-24(19)31)22(29)27(13-5-14-28)21(25)23(26)30/h2,4,6-11,18-21,28H,3,5,12-15H2,1H3/t18-,19+,20-,21?,25-/m0/s1. The van der Waals surface area contributed by atoms with Crippen molar-refractivity contribution in [1.29, 1.82) is 0 Å². The van der Waals surface area contributed by atoms with Crippen LogP contribution in [0.1, 0.15) is 12.8 Å². The number of ether oxygens (including phenoxy) is 3. The predicted octanol–water partition coefficient (Wildman–Crippen LogP) is 1.06. The van der Waals surface area contributed by atoms with Gasteiger partial charge in [0.25, 0.3) is 5.91 Å². The summed E-state index contributed by atoms with van der Waals surface area (Å²) in [4.78, 5) is 43.8. The summed E-state index contributed by atoms with van der Waals surface area (Å²) in [5.74, 6) is -2.16. The van der Waals surface area contributed by atoms with E-state index in [0.29, 0.717) is 24.3 Å². The summed E-state index contributed by atoms with van der Waals surface area (Å²) in [5.41, 5.74) is -0.637. The van der Waals surface area contributed by atoms with Crippen LogP contribution in [0.15, 0.2) is 48.6 Å². The first-order valence-electron chi connectivity index (χ1n) is 11.6. The molecule has 1 aromatic carbocycles. The van der Waals surface area contributed by atoms with Gasteiger partial charge in [0.15, 0.2) is 0 Å². The van der Waals surface area contributed by atoms with Gasteiger partial charge in [0, 0.05) is 25.4 Å². The highest BCUT2D eigenvalue weighted by Crippen LogP contribution is 2.53. The SMILES string of the molecule is COc1ccc(N2CC=C[C@]34O[C@H]5C=CCCOC(=O)[C@H]5[C@H]3C(=O)N(CCCO)C4C2=O)cc1. The van der Waals surface area contributed by atoms with Crippen LogP contribution >= 0.6 is 0 Å². The molecule has 2 fully saturated rings. The molecule has 0 bridgehead atoms. The molecule has 0 aliphatic carbocycles. The molecule has 180 valence electrons. The van der Waals surface area contributed by atoms with Crippen LogP contribution in [-0.4, -0.2) is 79.0 Å². The van der Waals surface area contributed by atoms with Crippen LogP contribution in [0.3, 0.4) is 0 Å². The maximum atomic E-state index is 14.0. The van der Waals surface area contributed by atoms with Gasteiger partial charge in [-0.3, -0.25) is 14.4 Å². The van der Waals surface area contributed by atoms with Crippen molar-refractivity contribution >= 4 is 23.5 Å². The Hall–Kier alpha value is -3.17. The van der Waals surface area contributed by atoms with Crippen molar-refractivity contribution in [3.63, 3.8) is 0 Å². The van der Waals surface area contributed by atoms with Gasteiger partial charge in [-0.05, 0) is 37.1 Å². The quantitative estimate of drug-likeness (QED) is 0.509. The molecular formula is C25H28N2O7. The number of hydrogen-bond donors (Lipinski definition) is 1. The summed E-state index contributed by atoms with van der Waals surface area (Å²) in [6, 6.07) is 6.16. The average Bonchev–Trinajstić information content (AvgIpc) is 3.21. The van der Waals surface area contributed by atoms with E-state index in [1.807, 2.05) is 18.2 Å². The molecule has 9 heteroatoms. The number of nitrogens with zero attached hydrogens (tertiary/aromatic N) is 2. The van der Waals surface area contributed by atoms with Crippen molar-refractivity contribution < 1.29 is 33.7 Å². The fraction of sp³-hybridized carbons (Fsp3) is 0.480. The second kappa shape index (κ2) is 8.88. The number of hydrogen-bond acceptors (Lipinski definition) is 7. The number of carbonyl (C=O) groups excluding carboxylic acids is 3. The lowest BCUT2D eigenvalue weighted by atomic mass is 9.77. The highest BCUT2D eigenvalue weighted by Gasteiger charge is 2.71. The van der Waals surface area contributed by atoms with E-state index in [9.17, 15) is 19.5 Å². The number of cyclic esters (lactones) is 1. The molecule has 4 aliphatic heterocycles. The van der Waals surface area contributed by atoms with Gasteiger partial charge < -0.3 is 29.1 Å². The maximum absolute atomic E-state index is 14.0. The first-order valence-corrected chi connectivity index (χ1v) is 11.6. The van der Waals surface area contributed by atoms with Gasteiger partial charge in [-0.15, -0.1) is 0 Å². The van der Waals surface area contributed by atoms with E-state index >= 15 is 0 Å². The fourth-order valence-electron chi connectivity index (χ4n) is 5.58. The third-order valence-corrected chi connectivity index (χ3v) is 7.06. The van der Waals surface area contributed by atoms with Crippen LogP contribution in [0, 0.1) is 11.8 Å². The van der Waals surface area contributed by atoms with Gasteiger partial charge in [-0.1, -0.05) is 24.3 Å². The highest BCUT2D eigenvalue weighted by molar-refractivity contribution is 6.05. The number of likely N-dealkylation sites (tertiary alicyclic amines) is 1. The summed E-state index contributed by atoms with van der Waals surface area (Å²) in [5, 5.41) is 9.44. The Labute approximate surface area is 197 Å². The first kappa shape index (κ1) is 22.6. The van der Waals surface area contributed by atoms with E-state index in [2.05, 4.69) is 0 Å². The van der Waals surface area contributed by atoms with Crippen molar-refractivity contribution in [2.75, 3.05) is 38.3 Å². The Bertz CT molecular complexity index is 1040. The van der Waals surface area contributed by atoms with E-state index in [0.717, 1.165) is 0 Å². The molecule has 1 N–H and O–H groups in total. The zero-order valence-electron chi connectivity index (χ0n) is 19.0. The van der Waals surface area contributed by atoms with Crippen LogP contribution in [0.25, 0.3) is 0 Å². The van der Waals surface area contributed by atoms with Crippen molar-refractivity contribution in [3.05, 3.63) is 48.6 Å². The molecule has 2 amide bonds. The number of methoxy groups -OCH3 is 1. The normalized spacial score (nSPS) is 32.5. The predicted molar refractivity (Wildman–Crippen MR) is 121 cm³/mol. The second-order valence-electron chi connectivity index (χ2n) is 8.88. The summed E-state index contributed by atoms with van der Waals surface area (Å²) in [6.07, 6.45) is 7.52. The number of benzene rings is 1. The fourth-order valence-corrected chi connectivity index (χ4v) is 5.58. The van der Waals surface area contributed by atoms with Crippen LogP contribution in [0.2, 0.25) is 0 Å². The lowest BCUT2D eigenvalue weighted by Gasteiger charge is -2.35. The van der Waals surface area contributed by atoms with E-state index in [4.69, 9.17) is 14.2 Å². The molecule has 4 heterocycles. The summed E-state index contributed by atoms with van der Waals surface area (Å²) in [7, 11) is 1.57. The van der Waals surface area contributed by atoms with Gasteiger partial charge in [0.05, 0.1) is 25.7 Å². The third-order valence-electron chi connectivity index (χ3n) is 7.06. The molecule has 4 aliphatic rings. The molecule has 5 rings (SSSR count). The monoisotopic (exact) mass is 468 g/mol. The van der Waals surface area contributed by atoms with Gasteiger partial charge in [-0.2, -0.15) is 0 Å². The summed E-state index contributed by atoms with van der Waals surface area (Å²) in [6.45, 7) is 0.583. The lowest BCUT2D eigenvalue weighted by molar-refractivity contribution is -0.154. The molecule has 0 radical (unpaired) electrons. The Morgan fingerprint density at radius 1 is 1.15 bits per heavy atom. The minimum atomic E-state index is -1.30. The van der Waals surface area contributed by atoms with Crippen LogP contribution in [0.5, 0.6) is 5.75 Å². The molecule has 0 aromatic heterocycles. The number of esters is 1. The molecular weight excluding hydrogens is 440 g/mol. The largest absolute Gasteiger partial charge is 0.497 e. The van der Waals surface area contributed by atoms with Crippen molar-refractivity contribution in [2.24, 2.45) is 11.8 Å². The average molecular weight is 469 g/mol. The Balaban J connectivity index is 1.58. The van der Waals surface area contributed by atoms with Gasteiger partial charge >= 0.3 is 5.97 Å². The molecule has 1 aromatic rings. The Morgan fingerprint density at radius 3 is 2.68 bits per heavy atom. The minimum absolute atomic E-state index is 0.127. The zero-order valence-corrected chi connectivity index (χ0v) is 19.0. The molecule has 0 saturated carbocycles. The number of amides is 2. The number of anilines is 1.